The van der Waals surface area contributed by atoms with Crippen LogP contribution in [0.4, 0.5) is 0 Å². The molecular weight excluding hydrogens is 282 g/mol. The topological polar surface area (TPSA) is 48.0 Å². The van der Waals surface area contributed by atoms with Gasteiger partial charge in [-0.1, -0.05) is 6.08 Å². The molecule has 5 heteroatoms. The van der Waals surface area contributed by atoms with E-state index >= 15 is 0 Å². The zero-order chi connectivity index (χ0) is 15.4. The van der Waals surface area contributed by atoms with Gasteiger partial charge in [-0.3, -0.25) is 4.79 Å². The zero-order valence-corrected chi connectivity index (χ0v) is 13.4. The highest BCUT2D eigenvalue weighted by atomic mass is 16.7. The number of likely N-dealkylation sites (N-methyl/N-ethyl adjacent to an activating group) is 1. The van der Waals surface area contributed by atoms with Crippen molar-refractivity contribution < 1.29 is 19.0 Å². The molecule has 2 saturated heterocycles. The molecule has 3 aliphatic rings. The summed E-state index contributed by atoms with van der Waals surface area (Å²) >= 11 is 0. The Morgan fingerprint density at radius 2 is 2.05 bits per heavy atom. The predicted molar refractivity (Wildman–Crippen MR) is 82.3 cm³/mol. The van der Waals surface area contributed by atoms with E-state index in [0.717, 1.165) is 45.3 Å². The second-order valence-electron chi connectivity index (χ2n) is 6.47. The Morgan fingerprint density at radius 3 is 2.82 bits per heavy atom. The van der Waals surface area contributed by atoms with E-state index in [1.54, 1.807) is 6.08 Å². The monoisotopic (exact) mass is 309 g/mol. The van der Waals surface area contributed by atoms with Gasteiger partial charge in [-0.2, -0.15) is 0 Å². The van der Waals surface area contributed by atoms with Crippen LogP contribution >= 0.6 is 0 Å². The lowest BCUT2D eigenvalue weighted by Crippen LogP contribution is -2.36. The van der Waals surface area contributed by atoms with E-state index < -0.39 is 0 Å². The fourth-order valence-corrected chi connectivity index (χ4v) is 3.62. The van der Waals surface area contributed by atoms with Crippen LogP contribution in [0.5, 0.6) is 0 Å². The number of rotatable bonds is 5. The molecule has 124 valence electrons. The minimum absolute atomic E-state index is 0.101. The van der Waals surface area contributed by atoms with Crippen molar-refractivity contribution in [1.82, 2.24) is 4.90 Å². The van der Waals surface area contributed by atoms with E-state index in [1.807, 2.05) is 11.8 Å². The van der Waals surface area contributed by atoms with Gasteiger partial charge >= 0.3 is 0 Å². The summed E-state index contributed by atoms with van der Waals surface area (Å²) in [6.07, 6.45) is 9.77. The number of carbonyl (C=O) groups is 1. The quantitative estimate of drug-likeness (QED) is 0.730. The van der Waals surface area contributed by atoms with Crippen molar-refractivity contribution in [3.05, 3.63) is 12.2 Å². The SMILES string of the molecule is CCN(CC1CCCO1)C(=O)/C=C/C1CCC2OCOC2C1. The fourth-order valence-electron chi connectivity index (χ4n) is 3.62. The van der Waals surface area contributed by atoms with Crippen LogP contribution in [-0.4, -0.2) is 55.6 Å². The first-order valence-corrected chi connectivity index (χ1v) is 8.58. The molecule has 2 aliphatic heterocycles. The second-order valence-corrected chi connectivity index (χ2v) is 6.47. The molecule has 4 unspecified atom stereocenters. The average molecular weight is 309 g/mol. The highest BCUT2D eigenvalue weighted by Gasteiger charge is 2.35. The first-order chi connectivity index (χ1) is 10.8. The van der Waals surface area contributed by atoms with Crippen molar-refractivity contribution in [3.63, 3.8) is 0 Å². The minimum Gasteiger partial charge on any atom is -0.376 e. The maximum absolute atomic E-state index is 12.4. The number of hydrogen-bond donors (Lipinski definition) is 0. The first kappa shape index (κ1) is 16.0. The van der Waals surface area contributed by atoms with E-state index in [9.17, 15) is 4.79 Å². The normalized spacial score (nSPS) is 35.0. The van der Waals surface area contributed by atoms with Gasteiger partial charge in [0, 0.05) is 19.7 Å². The number of ether oxygens (including phenoxy) is 3. The lowest BCUT2D eigenvalue weighted by Gasteiger charge is -2.28. The van der Waals surface area contributed by atoms with Gasteiger partial charge in [0.25, 0.3) is 0 Å². The molecule has 0 bridgehead atoms. The number of fused-ring (bicyclic) bond motifs is 1. The largest absolute Gasteiger partial charge is 0.376 e. The molecule has 4 atom stereocenters. The predicted octanol–water partition coefficient (Wildman–Crippen LogP) is 2.11. The minimum atomic E-state index is 0.101. The maximum atomic E-state index is 12.4. The van der Waals surface area contributed by atoms with E-state index in [-0.39, 0.29) is 24.2 Å². The van der Waals surface area contributed by atoms with Crippen LogP contribution in [0.2, 0.25) is 0 Å². The highest BCUT2D eigenvalue weighted by Crippen LogP contribution is 2.32. The Morgan fingerprint density at radius 1 is 1.18 bits per heavy atom. The van der Waals surface area contributed by atoms with Gasteiger partial charge in [0.15, 0.2) is 0 Å². The number of carbonyl (C=O) groups excluding carboxylic acids is 1. The number of hydrogen-bond acceptors (Lipinski definition) is 4. The summed E-state index contributed by atoms with van der Waals surface area (Å²) in [5.41, 5.74) is 0. The van der Waals surface area contributed by atoms with Gasteiger partial charge in [-0.25, -0.2) is 0 Å². The molecule has 0 radical (unpaired) electrons. The summed E-state index contributed by atoms with van der Waals surface area (Å²) in [6.45, 7) is 4.73. The summed E-state index contributed by atoms with van der Waals surface area (Å²) in [7, 11) is 0. The summed E-state index contributed by atoms with van der Waals surface area (Å²) in [5.74, 6) is 0.525. The first-order valence-electron chi connectivity index (χ1n) is 8.58. The van der Waals surface area contributed by atoms with Crippen molar-refractivity contribution in [2.24, 2.45) is 5.92 Å². The van der Waals surface area contributed by atoms with E-state index in [1.165, 1.54) is 0 Å². The number of amides is 1. The molecule has 0 aromatic rings. The number of allylic oxidation sites excluding steroid dienone is 1. The summed E-state index contributed by atoms with van der Waals surface area (Å²) in [5, 5.41) is 0. The molecule has 5 nitrogen and oxygen atoms in total. The third-order valence-electron chi connectivity index (χ3n) is 4.99. The van der Waals surface area contributed by atoms with Gasteiger partial charge in [0.1, 0.15) is 6.79 Å². The third kappa shape index (κ3) is 3.89. The lowest BCUT2D eigenvalue weighted by atomic mass is 9.85. The highest BCUT2D eigenvalue weighted by molar-refractivity contribution is 5.87. The number of nitrogens with zero attached hydrogens (tertiary/aromatic N) is 1. The molecule has 3 fully saturated rings. The summed E-state index contributed by atoms with van der Waals surface area (Å²) < 4.78 is 16.7. The fraction of sp³-hybridized carbons (Fsp3) is 0.824. The van der Waals surface area contributed by atoms with Crippen molar-refractivity contribution >= 4 is 5.91 Å². The van der Waals surface area contributed by atoms with Crippen molar-refractivity contribution in [1.29, 1.82) is 0 Å². The second kappa shape index (κ2) is 7.57. The van der Waals surface area contributed by atoms with Crippen molar-refractivity contribution in [2.45, 2.75) is 57.3 Å². The van der Waals surface area contributed by atoms with E-state index in [2.05, 4.69) is 6.08 Å². The van der Waals surface area contributed by atoms with Crippen LogP contribution in [0.25, 0.3) is 0 Å². The molecule has 22 heavy (non-hydrogen) atoms. The van der Waals surface area contributed by atoms with Gasteiger partial charge in [-0.15, -0.1) is 0 Å². The van der Waals surface area contributed by atoms with Crippen LogP contribution in [0.3, 0.4) is 0 Å². The molecule has 0 aromatic heterocycles. The van der Waals surface area contributed by atoms with Crippen LogP contribution in [0, 0.1) is 5.92 Å². The Labute approximate surface area is 132 Å². The van der Waals surface area contributed by atoms with Crippen LogP contribution in [-0.2, 0) is 19.0 Å². The third-order valence-corrected chi connectivity index (χ3v) is 4.99. The average Bonchev–Trinajstić information content (AvgIpc) is 3.20. The van der Waals surface area contributed by atoms with Gasteiger partial charge in [0.2, 0.25) is 5.91 Å². The Balaban J connectivity index is 1.48. The summed E-state index contributed by atoms with van der Waals surface area (Å²) in [6, 6.07) is 0. The molecular formula is C17H27NO4. The van der Waals surface area contributed by atoms with Gasteiger partial charge < -0.3 is 19.1 Å². The Bertz CT molecular complexity index is 405. The van der Waals surface area contributed by atoms with Crippen LogP contribution in [0.15, 0.2) is 12.2 Å². The standard InChI is InChI=1S/C17H27NO4/c1-2-18(11-14-4-3-9-20-14)17(19)8-6-13-5-7-15-16(10-13)22-12-21-15/h6,8,13-16H,2-5,7,9-12H2,1H3/b8-6+. The van der Waals surface area contributed by atoms with E-state index in [0.29, 0.717) is 19.3 Å². The lowest BCUT2D eigenvalue weighted by molar-refractivity contribution is -0.127. The molecule has 0 N–H and O–H groups in total. The molecule has 1 aliphatic carbocycles. The Kier molecular flexibility index (Phi) is 5.50. The van der Waals surface area contributed by atoms with Crippen molar-refractivity contribution in [2.75, 3.05) is 26.5 Å². The van der Waals surface area contributed by atoms with Crippen molar-refractivity contribution in [3.8, 4) is 0 Å². The molecule has 3 rings (SSSR count). The zero-order valence-electron chi connectivity index (χ0n) is 13.4. The molecule has 2 heterocycles. The molecule has 0 spiro atoms. The Hall–Kier alpha value is -0.910. The van der Waals surface area contributed by atoms with Gasteiger partial charge in [0.05, 0.1) is 18.3 Å². The van der Waals surface area contributed by atoms with E-state index in [4.69, 9.17) is 14.2 Å². The molecule has 1 amide bonds. The molecule has 1 saturated carbocycles. The van der Waals surface area contributed by atoms with Gasteiger partial charge in [-0.05, 0) is 51.0 Å². The maximum Gasteiger partial charge on any atom is 0.246 e. The smallest absolute Gasteiger partial charge is 0.246 e. The summed E-state index contributed by atoms with van der Waals surface area (Å²) in [4.78, 5) is 14.2. The van der Waals surface area contributed by atoms with Crippen LogP contribution < -0.4 is 0 Å². The molecule has 0 aromatic carbocycles. The van der Waals surface area contributed by atoms with Crippen LogP contribution in [0.1, 0.15) is 39.0 Å².